The number of carbonyl (C=O) groups excluding carboxylic acids is 1. The molecule has 0 aliphatic carbocycles. The number of rotatable bonds is 5. The van der Waals surface area contributed by atoms with Gasteiger partial charge in [0.15, 0.2) is 6.61 Å². The molecule has 0 saturated carbocycles. The molecular formula is C11H16N2O2. The van der Waals surface area contributed by atoms with Gasteiger partial charge in [-0.2, -0.15) is 0 Å². The van der Waals surface area contributed by atoms with Gasteiger partial charge in [-0.25, -0.2) is 0 Å². The van der Waals surface area contributed by atoms with Crippen LogP contribution in [0, 0.1) is 0 Å². The molecule has 0 bridgehead atoms. The Hall–Kier alpha value is -1.55. The number of carbonyl (C=O) groups is 1. The molecule has 82 valence electrons. The molecule has 1 aromatic carbocycles. The summed E-state index contributed by atoms with van der Waals surface area (Å²) in [4.78, 5) is 10.6. The van der Waals surface area contributed by atoms with Crippen molar-refractivity contribution in [1.29, 1.82) is 0 Å². The first kappa shape index (κ1) is 11.5. The monoisotopic (exact) mass is 208 g/mol. The fourth-order valence-electron chi connectivity index (χ4n) is 1.29. The zero-order chi connectivity index (χ0) is 11.3. The molecule has 0 saturated heterocycles. The molecule has 4 heteroatoms. The lowest BCUT2D eigenvalue weighted by Crippen LogP contribution is -2.21. The highest BCUT2D eigenvalue weighted by Crippen LogP contribution is 2.25. The summed E-state index contributed by atoms with van der Waals surface area (Å²) in [7, 11) is 0. The van der Waals surface area contributed by atoms with E-state index in [1.54, 1.807) is 6.07 Å². The van der Waals surface area contributed by atoms with Crippen LogP contribution < -0.4 is 16.2 Å². The summed E-state index contributed by atoms with van der Waals surface area (Å²) >= 11 is 0. The number of primary amides is 1. The van der Waals surface area contributed by atoms with Gasteiger partial charge in [0.05, 0.1) is 0 Å². The smallest absolute Gasteiger partial charge is 0.255 e. The Bertz CT molecular complexity index is 339. The molecule has 4 N–H and O–H groups in total. The van der Waals surface area contributed by atoms with E-state index in [1.165, 1.54) is 0 Å². The summed E-state index contributed by atoms with van der Waals surface area (Å²) in [5.74, 6) is 0.139. The molecule has 15 heavy (non-hydrogen) atoms. The van der Waals surface area contributed by atoms with Gasteiger partial charge < -0.3 is 16.2 Å². The van der Waals surface area contributed by atoms with Gasteiger partial charge in [0.25, 0.3) is 5.91 Å². The van der Waals surface area contributed by atoms with Gasteiger partial charge in [0.2, 0.25) is 0 Å². The van der Waals surface area contributed by atoms with Crippen LogP contribution >= 0.6 is 0 Å². The van der Waals surface area contributed by atoms with E-state index in [9.17, 15) is 4.79 Å². The average Bonchev–Trinajstić information content (AvgIpc) is 2.25. The molecule has 0 radical (unpaired) electrons. The zero-order valence-electron chi connectivity index (χ0n) is 8.77. The topological polar surface area (TPSA) is 78.3 Å². The summed E-state index contributed by atoms with van der Waals surface area (Å²) in [5.41, 5.74) is 11.8. The van der Waals surface area contributed by atoms with Crippen molar-refractivity contribution in [3.63, 3.8) is 0 Å². The molecule has 0 fully saturated rings. The molecule has 1 aromatic rings. The maximum absolute atomic E-state index is 10.6. The van der Waals surface area contributed by atoms with Gasteiger partial charge in [-0.1, -0.05) is 25.1 Å². The van der Waals surface area contributed by atoms with Crippen LogP contribution in [0.5, 0.6) is 5.75 Å². The van der Waals surface area contributed by atoms with Gasteiger partial charge in [-0.15, -0.1) is 0 Å². The normalized spacial score (nSPS) is 12.1. The van der Waals surface area contributed by atoms with Crippen LogP contribution in [0.3, 0.4) is 0 Å². The van der Waals surface area contributed by atoms with Gasteiger partial charge in [0, 0.05) is 11.6 Å². The van der Waals surface area contributed by atoms with E-state index in [-0.39, 0.29) is 12.6 Å². The van der Waals surface area contributed by atoms with E-state index in [0.29, 0.717) is 5.75 Å². The summed E-state index contributed by atoms with van der Waals surface area (Å²) < 4.78 is 5.27. The van der Waals surface area contributed by atoms with Crippen LogP contribution in [-0.4, -0.2) is 12.5 Å². The predicted octanol–water partition coefficient (Wildman–Crippen LogP) is 0.961. The highest BCUT2D eigenvalue weighted by atomic mass is 16.5. The Labute approximate surface area is 89.2 Å². The second-order valence-corrected chi connectivity index (χ2v) is 3.31. The minimum absolute atomic E-state index is 0.0749. The highest BCUT2D eigenvalue weighted by molar-refractivity contribution is 5.75. The van der Waals surface area contributed by atoms with Crippen molar-refractivity contribution in [2.24, 2.45) is 11.5 Å². The summed E-state index contributed by atoms with van der Waals surface area (Å²) in [6, 6.07) is 7.33. The minimum atomic E-state index is -0.491. The molecule has 0 spiro atoms. The SMILES string of the molecule is CC[C@H](N)c1ccccc1OCC(N)=O. The number of ether oxygens (including phenoxy) is 1. The van der Waals surface area contributed by atoms with E-state index in [0.717, 1.165) is 12.0 Å². The average molecular weight is 208 g/mol. The molecule has 1 amide bonds. The zero-order valence-corrected chi connectivity index (χ0v) is 8.77. The molecule has 0 unspecified atom stereocenters. The Morgan fingerprint density at radius 2 is 2.13 bits per heavy atom. The van der Waals surface area contributed by atoms with Crippen molar-refractivity contribution < 1.29 is 9.53 Å². The van der Waals surface area contributed by atoms with E-state index in [4.69, 9.17) is 16.2 Å². The van der Waals surface area contributed by atoms with E-state index in [1.807, 2.05) is 25.1 Å². The van der Waals surface area contributed by atoms with Crippen LogP contribution in [-0.2, 0) is 4.79 Å². The maximum Gasteiger partial charge on any atom is 0.255 e. The molecule has 0 aliphatic rings. The number of amides is 1. The first-order chi connectivity index (χ1) is 7.15. The largest absolute Gasteiger partial charge is 0.483 e. The fraction of sp³-hybridized carbons (Fsp3) is 0.364. The first-order valence-electron chi connectivity index (χ1n) is 4.90. The van der Waals surface area contributed by atoms with E-state index < -0.39 is 5.91 Å². The van der Waals surface area contributed by atoms with Gasteiger partial charge >= 0.3 is 0 Å². The summed E-state index contributed by atoms with van der Waals surface area (Å²) in [5, 5.41) is 0. The maximum atomic E-state index is 10.6. The number of benzene rings is 1. The lowest BCUT2D eigenvalue weighted by atomic mass is 10.0. The fourth-order valence-corrected chi connectivity index (χ4v) is 1.29. The first-order valence-corrected chi connectivity index (χ1v) is 4.90. The van der Waals surface area contributed by atoms with Gasteiger partial charge in [-0.05, 0) is 12.5 Å². The lowest BCUT2D eigenvalue weighted by Gasteiger charge is -2.14. The third kappa shape index (κ3) is 3.25. The van der Waals surface area contributed by atoms with Crippen molar-refractivity contribution in [3.8, 4) is 5.75 Å². The Balaban J connectivity index is 2.81. The lowest BCUT2D eigenvalue weighted by molar-refractivity contribution is -0.119. The van der Waals surface area contributed by atoms with Crippen molar-refractivity contribution in [3.05, 3.63) is 29.8 Å². The molecular weight excluding hydrogens is 192 g/mol. The van der Waals surface area contributed by atoms with Crippen LogP contribution in [0.25, 0.3) is 0 Å². The number of para-hydroxylation sites is 1. The van der Waals surface area contributed by atoms with Crippen molar-refractivity contribution >= 4 is 5.91 Å². The van der Waals surface area contributed by atoms with Crippen molar-refractivity contribution in [2.45, 2.75) is 19.4 Å². The van der Waals surface area contributed by atoms with Crippen LogP contribution in [0.2, 0.25) is 0 Å². The number of hydrogen-bond donors (Lipinski definition) is 2. The van der Waals surface area contributed by atoms with Gasteiger partial charge in [-0.3, -0.25) is 4.79 Å². The second-order valence-electron chi connectivity index (χ2n) is 3.31. The third-order valence-corrected chi connectivity index (χ3v) is 2.13. The Morgan fingerprint density at radius 3 is 2.73 bits per heavy atom. The Morgan fingerprint density at radius 1 is 1.47 bits per heavy atom. The van der Waals surface area contributed by atoms with Crippen molar-refractivity contribution in [2.75, 3.05) is 6.61 Å². The Kier molecular flexibility index (Phi) is 4.12. The quantitative estimate of drug-likeness (QED) is 0.756. The summed E-state index contributed by atoms with van der Waals surface area (Å²) in [6.07, 6.45) is 0.816. The van der Waals surface area contributed by atoms with E-state index in [2.05, 4.69) is 0 Å². The number of nitrogens with two attached hydrogens (primary N) is 2. The number of hydrogen-bond acceptors (Lipinski definition) is 3. The molecule has 0 aliphatic heterocycles. The molecule has 4 nitrogen and oxygen atoms in total. The predicted molar refractivity (Wildman–Crippen MR) is 58.4 cm³/mol. The molecule has 0 heterocycles. The third-order valence-electron chi connectivity index (χ3n) is 2.13. The molecule has 1 rings (SSSR count). The minimum Gasteiger partial charge on any atom is -0.483 e. The van der Waals surface area contributed by atoms with Gasteiger partial charge in [0.1, 0.15) is 5.75 Å². The van der Waals surface area contributed by atoms with Crippen LogP contribution in [0.1, 0.15) is 24.9 Å². The highest BCUT2D eigenvalue weighted by Gasteiger charge is 2.10. The van der Waals surface area contributed by atoms with E-state index >= 15 is 0 Å². The standard InChI is InChI=1S/C11H16N2O2/c1-2-9(12)8-5-3-4-6-10(8)15-7-11(13)14/h3-6,9H,2,7,12H2,1H3,(H2,13,14)/t9-/m0/s1. The van der Waals surface area contributed by atoms with Crippen molar-refractivity contribution in [1.82, 2.24) is 0 Å². The summed E-state index contributed by atoms with van der Waals surface area (Å²) in [6.45, 7) is 1.88. The second kappa shape index (κ2) is 5.36. The molecule has 1 atom stereocenters. The van der Waals surface area contributed by atoms with Crippen LogP contribution in [0.4, 0.5) is 0 Å². The van der Waals surface area contributed by atoms with Crippen LogP contribution in [0.15, 0.2) is 24.3 Å². The molecule has 0 aromatic heterocycles.